The third-order valence-electron chi connectivity index (χ3n) is 3.96. The molecule has 0 aliphatic carbocycles. The average molecular weight is 375 g/mol. The number of amides is 2. The number of rotatable bonds is 2. The molecule has 2 aromatic rings. The smallest absolute Gasteiger partial charge is 0.321 e. The number of benzene rings is 1. The molecule has 1 aromatic heterocycles. The van der Waals surface area contributed by atoms with E-state index in [-0.39, 0.29) is 6.03 Å². The molecule has 0 spiro atoms. The number of piperazine rings is 1. The maximum Gasteiger partial charge on any atom is 0.321 e. The first-order valence-electron chi connectivity index (χ1n) is 7.60. The molecule has 1 N–H and O–H groups in total. The normalized spacial score (nSPS) is 14.7. The molecule has 1 aliphatic heterocycles. The number of aromatic nitrogens is 1. The van der Waals surface area contributed by atoms with Crippen LogP contribution in [0.15, 0.2) is 47.2 Å². The van der Waals surface area contributed by atoms with Crippen LogP contribution >= 0.6 is 15.9 Å². The maximum absolute atomic E-state index is 12.4. The van der Waals surface area contributed by atoms with Gasteiger partial charge in [-0.2, -0.15) is 0 Å². The van der Waals surface area contributed by atoms with Gasteiger partial charge in [0.05, 0.1) is 5.69 Å². The number of aryl methyl sites for hydroxylation is 1. The molecule has 23 heavy (non-hydrogen) atoms. The number of halogens is 1. The van der Waals surface area contributed by atoms with E-state index in [2.05, 4.69) is 31.1 Å². The maximum atomic E-state index is 12.4. The average Bonchev–Trinajstić information content (AvgIpc) is 2.58. The molecule has 0 unspecified atom stereocenters. The highest BCUT2D eigenvalue weighted by molar-refractivity contribution is 9.10. The molecule has 0 radical (unpaired) electrons. The number of hydrogen-bond donors (Lipinski definition) is 1. The van der Waals surface area contributed by atoms with E-state index in [9.17, 15) is 4.79 Å². The predicted octanol–water partition coefficient (Wildman–Crippen LogP) is 3.51. The van der Waals surface area contributed by atoms with Crippen molar-refractivity contribution in [3.63, 3.8) is 0 Å². The Kier molecular flexibility index (Phi) is 4.81. The van der Waals surface area contributed by atoms with Gasteiger partial charge in [0.25, 0.3) is 0 Å². The molecule has 5 nitrogen and oxygen atoms in total. The lowest BCUT2D eigenvalue weighted by molar-refractivity contribution is 0.208. The zero-order valence-electron chi connectivity index (χ0n) is 13.0. The van der Waals surface area contributed by atoms with Gasteiger partial charge in [-0.3, -0.25) is 4.98 Å². The van der Waals surface area contributed by atoms with Gasteiger partial charge < -0.3 is 15.1 Å². The molecule has 0 bridgehead atoms. The Morgan fingerprint density at radius 3 is 2.48 bits per heavy atom. The van der Waals surface area contributed by atoms with Crippen LogP contribution in [0.2, 0.25) is 0 Å². The topological polar surface area (TPSA) is 48.5 Å². The highest BCUT2D eigenvalue weighted by Crippen LogP contribution is 2.24. The van der Waals surface area contributed by atoms with Gasteiger partial charge in [0, 0.05) is 48.7 Å². The van der Waals surface area contributed by atoms with Gasteiger partial charge >= 0.3 is 6.03 Å². The summed E-state index contributed by atoms with van der Waals surface area (Å²) >= 11 is 3.49. The minimum absolute atomic E-state index is 0.0519. The molecule has 1 aliphatic rings. The van der Waals surface area contributed by atoms with E-state index in [0.29, 0.717) is 13.1 Å². The van der Waals surface area contributed by atoms with Gasteiger partial charge in [0.2, 0.25) is 0 Å². The van der Waals surface area contributed by atoms with Crippen LogP contribution in [0.5, 0.6) is 0 Å². The summed E-state index contributed by atoms with van der Waals surface area (Å²) in [5.41, 5.74) is 3.11. The summed E-state index contributed by atoms with van der Waals surface area (Å²) in [4.78, 5) is 20.6. The Bertz CT molecular complexity index is 684. The number of pyridine rings is 1. The van der Waals surface area contributed by atoms with Gasteiger partial charge in [0.1, 0.15) is 0 Å². The summed E-state index contributed by atoms with van der Waals surface area (Å²) in [6.07, 6.45) is 3.59. The largest absolute Gasteiger partial charge is 0.368 e. The lowest BCUT2D eigenvalue weighted by Gasteiger charge is -2.36. The van der Waals surface area contributed by atoms with E-state index in [1.54, 1.807) is 12.4 Å². The molecule has 2 heterocycles. The van der Waals surface area contributed by atoms with E-state index >= 15 is 0 Å². The minimum atomic E-state index is -0.0519. The monoisotopic (exact) mass is 374 g/mol. The van der Waals surface area contributed by atoms with Crippen molar-refractivity contribution < 1.29 is 4.79 Å². The van der Waals surface area contributed by atoms with Crippen LogP contribution in [-0.4, -0.2) is 42.1 Å². The summed E-state index contributed by atoms with van der Waals surface area (Å²) in [6, 6.07) is 9.85. The second-order valence-corrected chi connectivity index (χ2v) is 6.45. The van der Waals surface area contributed by atoms with Crippen molar-refractivity contribution in [3.8, 4) is 0 Å². The predicted molar refractivity (Wildman–Crippen MR) is 95.9 cm³/mol. The van der Waals surface area contributed by atoms with Crippen molar-refractivity contribution in [1.82, 2.24) is 9.88 Å². The Morgan fingerprint density at radius 2 is 1.83 bits per heavy atom. The van der Waals surface area contributed by atoms with Crippen LogP contribution in [0.25, 0.3) is 0 Å². The lowest BCUT2D eigenvalue weighted by atomic mass is 10.2. The quantitative estimate of drug-likeness (QED) is 0.874. The number of carbonyl (C=O) groups excluding carboxylic acids is 1. The van der Waals surface area contributed by atoms with Crippen LogP contribution in [0, 0.1) is 6.92 Å². The van der Waals surface area contributed by atoms with Crippen molar-refractivity contribution in [2.45, 2.75) is 6.92 Å². The second-order valence-electron chi connectivity index (χ2n) is 5.59. The van der Waals surface area contributed by atoms with Crippen LogP contribution in [-0.2, 0) is 0 Å². The van der Waals surface area contributed by atoms with E-state index in [1.807, 2.05) is 42.2 Å². The van der Waals surface area contributed by atoms with Gasteiger partial charge in [-0.15, -0.1) is 0 Å². The summed E-state index contributed by atoms with van der Waals surface area (Å²) in [7, 11) is 0. The highest BCUT2D eigenvalue weighted by atomic mass is 79.9. The Morgan fingerprint density at radius 1 is 1.13 bits per heavy atom. The molecule has 6 heteroatoms. The fourth-order valence-corrected chi connectivity index (χ4v) is 3.23. The molecular weight excluding hydrogens is 356 g/mol. The zero-order valence-corrected chi connectivity index (χ0v) is 14.6. The van der Waals surface area contributed by atoms with Crippen molar-refractivity contribution in [2.75, 3.05) is 36.4 Å². The molecule has 0 saturated carbocycles. The molecular formula is C17H19BrN4O. The Labute approximate surface area is 144 Å². The van der Waals surface area contributed by atoms with Crippen molar-refractivity contribution >= 4 is 33.3 Å². The molecule has 1 aromatic carbocycles. The molecule has 3 rings (SSSR count). The number of urea groups is 1. The van der Waals surface area contributed by atoms with Crippen LogP contribution < -0.4 is 10.2 Å². The Hall–Kier alpha value is -2.08. The Balaban J connectivity index is 1.58. The molecule has 120 valence electrons. The highest BCUT2D eigenvalue weighted by Gasteiger charge is 2.21. The van der Waals surface area contributed by atoms with Gasteiger partial charge in [-0.25, -0.2) is 4.79 Å². The van der Waals surface area contributed by atoms with Crippen molar-refractivity contribution in [2.24, 2.45) is 0 Å². The summed E-state index contributed by atoms with van der Waals surface area (Å²) in [5.74, 6) is 0. The van der Waals surface area contributed by atoms with Gasteiger partial charge in [-0.05, 0) is 52.7 Å². The SMILES string of the molecule is Cc1ccc(NC(=O)N2CCN(c3ccncc3)CC2)c(Br)c1. The lowest BCUT2D eigenvalue weighted by Crippen LogP contribution is -2.50. The third-order valence-corrected chi connectivity index (χ3v) is 4.62. The summed E-state index contributed by atoms with van der Waals surface area (Å²) < 4.78 is 0.904. The van der Waals surface area contributed by atoms with Crippen molar-refractivity contribution in [1.29, 1.82) is 0 Å². The molecule has 0 atom stereocenters. The van der Waals surface area contributed by atoms with Gasteiger partial charge in [-0.1, -0.05) is 6.07 Å². The second kappa shape index (κ2) is 7.00. The fraction of sp³-hybridized carbons (Fsp3) is 0.294. The standard InChI is InChI=1S/C17H19BrN4O/c1-13-2-3-16(15(18)12-13)20-17(23)22-10-8-21(9-11-22)14-4-6-19-7-5-14/h2-7,12H,8-11H2,1H3,(H,20,23). The zero-order chi connectivity index (χ0) is 16.2. The number of carbonyl (C=O) groups is 1. The van der Waals surface area contributed by atoms with E-state index < -0.39 is 0 Å². The molecule has 2 amide bonds. The number of anilines is 2. The third kappa shape index (κ3) is 3.82. The van der Waals surface area contributed by atoms with E-state index in [1.165, 1.54) is 0 Å². The summed E-state index contributed by atoms with van der Waals surface area (Å²) in [6.45, 7) is 5.09. The number of nitrogens with zero attached hydrogens (tertiary/aromatic N) is 3. The first kappa shape index (κ1) is 15.8. The minimum Gasteiger partial charge on any atom is -0.368 e. The van der Waals surface area contributed by atoms with E-state index in [0.717, 1.165) is 34.5 Å². The van der Waals surface area contributed by atoms with Crippen LogP contribution in [0.3, 0.4) is 0 Å². The van der Waals surface area contributed by atoms with Crippen LogP contribution in [0.4, 0.5) is 16.2 Å². The number of nitrogens with one attached hydrogen (secondary N) is 1. The number of hydrogen-bond acceptors (Lipinski definition) is 3. The first-order chi connectivity index (χ1) is 11.1. The molecule has 1 saturated heterocycles. The van der Waals surface area contributed by atoms with Gasteiger partial charge in [0.15, 0.2) is 0 Å². The molecule has 1 fully saturated rings. The van der Waals surface area contributed by atoms with Crippen LogP contribution in [0.1, 0.15) is 5.56 Å². The van der Waals surface area contributed by atoms with E-state index in [4.69, 9.17) is 0 Å². The summed E-state index contributed by atoms with van der Waals surface area (Å²) in [5, 5.41) is 2.97. The van der Waals surface area contributed by atoms with Crippen molar-refractivity contribution in [3.05, 3.63) is 52.8 Å². The first-order valence-corrected chi connectivity index (χ1v) is 8.40. The fourth-order valence-electron chi connectivity index (χ4n) is 2.64.